The summed E-state index contributed by atoms with van der Waals surface area (Å²) in [5, 5.41) is 0. The van der Waals surface area contributed by atoms with Gasteiger partial charge in [-0.15, -0.1) is 13.2 Å². The van der Waals surface area contributed by atoms with Gasteiger partial charge in [-0.2, -0.15) is 0 Å². The second-order valence-electron chi connectivity index (χ2n) is 8.24. The molecule has 0 saturated carbocycles. The Morgan fingerprint density at radius 1 is 0.912 bits per heavy atom. The van der Waals surface area contributed by atoms with E-state index in [0.717, 1.165) is 64.2 Å². The number of alkyl halides is 3. The van der Waals surface area contributed by atoms with E-state index in [0.29, 0.717) is 17.9 Å². The summed E-state index contributed by atoms with van der Waals surface area (Å²) in [6.45, 7) is 5.80. The van der Waals surface area contributed by atoms with Crippen LogP contribution in [-0.2, 0) is 9.47 Å². The van der Waals surface area contributed by atoms with Crippen LogP contribution in [0.3, 0.4) is 0 Å². The number of unbranched alkanes of at least 4 members (excludes halogenated alkanes) is 2. The molecule has 0 atom stereocenters. The van der Waals surface area contributed by atoms with Gasteiger partial charge in [-0.1, -0.05) is 6.92 Å². The van der Waals surface area contributed by atoms with Crippen molar-refractivity contribution in [2.45, 2.75) is 39.0 Å². The molecule has 0 aromatic heterocycles. The fraction of sp³-hybridized carbons (Fsp3) is 0.480. The van der Waals surface area contributed by atoms with Crippen LogP contribution in [0.4, 0.5) is 13.2 Å². The van der Waals surface area contributed by atoms with E-state index >= 15 is 0 Å². The molecular weight excluding hydrogens is 453 g/mol. The second kappa shape index (κ2) is 12.1. The van der Waals surface area contributed by atoms with Crippen LogP contribution in [0.25, 0.3) is 0 Å². The van der Waals surface area contributed by atoms with E-state index in [1.54, 1.807) is 24.3 Å². The third-order valence-corrected chi connectivity index (χ3v) is 5.53. The Morgan fingerprint density at radius 2 is 1.53 bits per heavy atom. The molecule has 6 nitrogen and oxygen atoms in total. The number of esters is 1. The number of carbonyl (C=O) groups excluding carboxylic acids is 1. The predicted octanol–water partition coefficient (Wildman–Crippen LogP) is 5.80. The van der Waals surface area contributed by atoms with Gasteiger partial charge in [0.25, 0.3) is 0 Å². The summed E-state index contributed by atoms with van der Waals surface area (Å²) in [5.41, 5.74) is 0.513. The summed E-state index contributed by atoms with van der Waals surface area (Å²) in [5.74, 6) is -0.282. The van der Waals surface area contributed by atoms with Gasteiger partial charge >= 0.3 is 12.3 Å². The molecule has 9 heteroatoms. The lowest BCUT2D eigenvalue weighted by molar-refractivity contribution is -0.274. The van der Waals surface area contributed by atoms with Gasteiger partial charge in [0, 0.05) is 12.0 Å². The molecule has 1 fully saturated rings. The molecule has 0 radical (unpaired) electrons. The van der Waals surface area contributed by atoms with Crippen LogP contribution in [0.15, 0.2) is 48.5 Å². The minimum absolute atomic E-state index is 0.106. The first-order valence-corrected chi connectivity index (χ1v) is 11.2. The van der Waals surface area contributed by atoms with E-state index in [1.807, 2.05) is 0 Å². The lowest BCUT2D eigenvalue weighted by Crippen LogP contribution is -2.45. The molecule has 0 aliphatic carbocycles. The maximum atomic E-state index is 12.2. The largest absolute Gasteiger partial charge is 0.573 e. The van der Waals surface area contributed by atoms with Crippen LogP contribution in [0, 0.1) is 5.41 Å². The molecule has 34 heavy (non-hydrogen) atoms. The van der Waals surface area contributed by atoms with Crippen LogP contribution in [0.2, 0.25) is 0 Å². The predicted molar refractivity (Wildman–Crippen MR) is 118 cm³/mol. The van der Waals surface area contributed by atoms with Gasteiger partial charge in [0.2, 0.25) is 0 Å². The highest BCUT2D eigenvalue weighted by atomic mass is 19.4. The molecule has 186 valence electrons. The molecule has 0 unspecified atom stereocenters. The fourth-order valence-corrected chi connectivity index (χ4v) is 3.30. The molecule has 0 spiro atoms. The third-order valence-electron chi connectivity index (χ3n) is 5.53. The Labute approximate surface area is 196 Å². The van der Waals surface area contributed by atoms with E-state index in [9.17, 15) is 18.0 Å². The van der Waals surface area contributed by atoms with E-state index < -0.39 is 18.1 Å². The quantitative estimate of drug-likeness (QED) is 0.204. The second-order valence-corrected chi connectivity index (χ2v) is 8.24. The number of carbonyl (C=O) groups is 1. The van der Waals surface area contributed by atoms with Crippen molar-refractivity contribution in [2.24, 2.45) is 5.41 Å². The number of ether oxygens (including phenoxy) is 5. The zero-order valence-corrected chi connectivity index (χ0v) is 19.1. The molecule has 3 rings (SSSR count). The number of halogens is 3. The summed E-state index contributed by atoms with van der Waals surface area (Å²) >= 11 is 0. The number of benzene rings is 2. The van der Waals surface area contributed by atoms with Crippen molar-refractivity contribution in [3.63, 3.8) is 0 Å². The van der Waals surface area contributed by atoms with Crippen molar-refractivity contribution in [2.75, 3.05) is 33.0 Å². The normalized spacial score (nSPS) is 14.8. The van der Waals surface area contributed by atoms with Crippen LogP contribution < -0.4 is 14.2 Å². The lowest BCUT2D eigenvalue weighted by Gasteiger charge is -2.40. The maximum Gasteiger partial charge on any atom is 0.573 e. The minimum atomic E-state index is -4.78. The lowest BCUT2D eigenvalue weighted by atomic mass is 9.84. The molecule has 1 saturated heterocycles. The Kier molecular flexibility index (Phi) is 9.18. The number of hydrogen-bond acceptors (Lipinski definition) is 6. The topological polar surface area (TPSA) is 63.2 Å². The van der Waals surface area contributed by atoms with Gasteiger partial charge < -0.3 is 23.7 Å². The highest BCUT2D eigenvalue weighted by Crippen LogP contribution is 2.31. The van der Waals surface area contributed by atoms with Gasteiger partial charge in [0.1, 0.15) is 17.2 Å². The van der Waals surface area contributed by atoms with Crippen molar-refractivity contribution < 1.29 is 41.7 Å². The first-order valence-electron chi connectivity index (χ1n) is 11.2. The summed E-state index contributed by atoms with van der Waals surface area (Å²) in [6, 6.07) is 11.1. The highest BCUT2D eigenvalue weighted by Gasteiger charge is 2.36. The SMILES string of the molecule is CCC1(COCCCCCOc2ccc(C(=O)Oc3ccc(OC(F)(F)F)cc3)cc2)COC1. The third kappa shape index (κ3) is 8.22. The summed E-state index contributed by atoms with van der Waals surface area (Å²) < 4.78 is 62.3. The Bertz CT molecular complexity index is 887. The van der Waals surface area contributed by atoms with Gasteiger partial charge in [-0.3, -0.25) is 0 Å². The van der Waals surface area contributed by atoms with Crippen molar-refractivity contribution in [3.8, 4) is 17.2 Å². The molecular formula is C25H29F3O6. The smallest absolute Gasteiger partial charge is 0.494 e. The molecule has 1 aliphatic rings. The maximum absolute atomic E-state index is 12.2. The standard InChI is InChI=1S/C25H29F3O6/c1-2-24(17-31-18-24)16-30-14-4-3-5-15-32-20-8-6-19(7-9-20)23(29)33-21-10-12-22(13-11-21)34-25(26,27)28/h6-13H,2-5,14-18H2,1H3. The van der Waals surface area contributed by atoms with Gasteiger partial charge in [0.05, 0.1) is 32.0 Å². The van der Waals surface area contributed by atoms with Gasteiger partial charge in [-0.25, -0.2) is 4.79 Å². The fourth-order valence-electron chi connectivity index (χ4n) is 3.30. The molecule has 2 aromatic carbocycles. The number of rotatable bonds is 13. The zero-order chi connectivity index (χ0) is 24.4. The summed E-state index contributed by atoms with van der Waals surface area (Å²) in [7, 11) is 0. The number of hydrogen-bond donors (Lipinski definition) is 0. The Morgan fingerprint density at radius 3 is 2.12 bits per heavy atom. The Balaban J connectivity index is 1.31. The molecule has 0 N–H and O–H groups in total. The van der Waals surface area contributed by atoms with E-state index in [2.05, 4.69) is 11.7 Å². The molecule has 1 aliphatic heterocycles. The van der Waals surface area contributed by atoms with Crippen LogP contribution in [0.1, 0.15) is 43.0 Å². The van der Waals surface area contributed by atoms with Crippen LogP contribution >= 0.6 is 0 Å². The van der Waals surface area contributed by atoms with E-state index in [1.165, 1.54) is 12.1 Å². The Hall–Kier alpha value is -2.78. The summed E-state index contributed by atoms with van der Waals surface area (Å²) in [6.07, 6.45) is -0.848. The van der Waals surface area contributed by atoms with Crippen molar-refractivity contribution in [3.05, 3.63) is 54.1 Å². The monoisotopic (exact) mass is 482 g/mol. The van der Waals surface area contributed by atoms with E-state index in [4.69, 9.17) is 18.9 Å². The average Bonchev–Trinajstić information content (AvgIpc) is 2.78. The van der Waals surface area contributed by atoms with Crippen LogP contribution in [0.5, 0.6) is 17.2 Å². The van der Waals surface area contributed by atoms with Crippen molar-refractivity contribution in [1.29, 1.82) is 0 Å². The minimum Gasteiger partial charge on any atom is -0.494 e. The molecule has 1 heterocycles. The first kappa shape index (κ1) is 25.8. The average molecular weight is 482 g/mol. The van der Waals surface area contributed by atoms with Crippen LogP contribution in [-0.4, -0.2) is 45.4 Å². The molecule has 0 amide bonds. The van der Waals surface area contributed by atoms with Gasteiger partial charge in [-0.05, 0) is 74.2 Å². The van der Waals surface area contributed by atoms with Crippen molar-refractivity contribution in [1.82, 2.24) is 0 Å². The highest BCUT2D eigenvalue weighted by molar-refractivity contribution is 5.91. The zero-order valence-electron chi connectivity index (χ0n) is 19.1. The van der Waals surface area contributed by atoms with Crippen molar-refractivity contribution >= 4 is 5.97 Å². The molecule has 2 aromatic rings. The molecule has 0 bridgehead atoms. The first-order chi connectivity index (χ1) is 16.3. The van der Waals surface area contributed by atoms with Gasteiger partial charge in [0.15, 0.2) is 0 Å². The summed E-state index contributed by atoms with van der Waals surface area (Å²) in [4.78, 5) is 12.2. The van der Waals surface area contributed by atoms with E-state index in [-0.39, 0.29) is 11.2 Å².